The van der Waals surface area contributed by atoms with Crippen LogP contribution in [0, 0.1) is 0 Å². The van der Waals surface area contributed by atoms with Crippen LogP contribution < -0.4 is 10.6 Å². The highest BCUT2D eigenvalue weighted by molar-refractivity contribution is 5.94. The average Bonchev–Trinajstić information content (AvgIpc) is 2.69. The number of piperidine rings is 1. The highest BCUT2D eigenvalue weighted by Gasteiger charge is 2.21. The van der Waals surface area contributed by atoms with E-state index in [0.717, 1.165) is 25.9 Å². The SMILES string of the molecule is CNC1C=CC(c2cc(NC3CCN(O)CC3)c3cnccc3c2)CC1. The molecule has 4 rings (SSSR count). The van der Waals surface area contributed by atoms with E-state index in [1.807, 2.05) is 19.4 Å². The zero-order chi connectivity index (χ0) is 17.9. The number of fused-ring (bicyclic) bond motifs is 1. The minimum absolute atomic E-state index is 0.396. The topological polar surface area (TPSA) is 60.4 Å². The van der Waals surface area contributed by atoms with Crippen molar-refractivity contribution >= 4 is 16.5 Å². The van der Waals surface area contributed by atoms with Gasteiger partial charge < -0.3 is 15.8 Å². The smallest absolute Gasteiger partial charge is 0.0440 e. The van der Waals surface area contributed by atoms with Gasteiger partial charge >= 0.3 is 0 Å². The summed E-state index contributed by atoms with van der Waals surface area (Å²) in [5.74, 6) is 0.469. The van der Waals surface area contributed by atoms with Gasteiger partial charge in [-0.1, -0.05) is 18.2 Å². The molecule has 2 atom stereocenters. The van der Waals surface area contributed by atoms with Crippen molar-refractivity contribution in [3.8, 4) is 0 Å². The van der Waals surface area contributed by atoms with Gasteiger partial charge in [0.1, 0.15) is 0 Å². The lowest BCUT2D eigenvalue weighted by Crippen LogP contribution is -2.37. The maximum absolute atomic E-state index is 9.60. The van der Waals surface area contributed by atoms with Crippen LogP contribution in [0.1, 0.15) is 37.2 Å². The molecule has 0 bridgehead atoms. The minimum atomic E-state index is 0.396. The molecule has 0 saturated carbocycles. The Labute approximate surface area is 155 Å². The van der Waals surface area contributed by atoms with E-state index < -0.39 is 0 Å². The molecule has 5 heteroatoms. The van der Waals surface area contributed by atoms with Gasteiger partial charge in [0.2, 0.25) is 0 Å². The second-order valence-corrected chi connectivity index (χ2v) is 7.50. The number of aromatic nitrogens is 1. The summed E-state index contributed by atoms with van der Waals surface area (Å²) in [6, 6.07) is 7.62. The highest BCUT2D eigenvalue weighted by atomic mass is 16.5. The molecule has 2 aromatic rings. The molecule has 0 radical (unpaired) electrons. The molecule has 1 aromatic carbocycles. The fourth-order valence-electron chi connectivity index (χ4n) is 4.12. The Morgan fingerprint density at radius 2 is 1.96 bits per heavy atom. The number of rotatable bonds is 4. The Morgan fingerprint density at radius 1 is 1.12 bits per heavy atom. The largest absolute Gasteiger partial charge is 0.382 e. The molecule has 138 valence electrons. The molecule has 2 heterocycles. The number of anilines is 1. The van der Waals surface area contributed by atoms with Crippen molar-refractivity contribution in [2.45, 2.75) is 43.7 Å². The predicted octanol–water partition coefficient (Wildman–Crippen LogP) is 3.52. The standard InChI is InChI=1S/C21H28N4O/c1-22-18-4-2-15(3-5-18)17-12-16-6-9-23-14-20(16)21(13-17)24-19-7-10-25(26)11-8-19/h2,4,6,9,12-15,18-19,22,24,26H,3,5,7-8,10-11H2,1H3. The van der Waals surface area contributed by atoms with E-state index in [1.54, 1.807) is 0 Å². The number of nitrogens with zero attached hydrogens (tertiary/aromatic N) is 2. The van der Waals surface area contributed by atoms with Gasteiger partial charge in [0.05, 0.1) is 0 Å². The van der Waals surface area contributed by atoms with Crippen molar-refractivity contribution in [2.75, 3.05) is 25.5 Å². The first-order chi connectivity index (χ1) is 12.7. The van der Waals surface area contributed by atoms with Gasteiger partial charge in [-0.3, -0.25) is 4.98 Å². The van der Waals surface area contributed by atoms with Crippen LogP contribution in [0.15, 0.2) is 42.7 Å². The van der Waals surface area contributed by atoms with Gasteiger partial charge in [-0.25, -0.2) is 0 Å². The molecule has 3 N–H and O–H groups in total. The first kappa shape index (κ1) is 17.5. The lowest BCUT2D eigenvalue weighted by Gasteiger charge is -2.30. The Bertz CT molecular complexity index is 783. The van der Waals surface area contributed by atoms with Crippen molar-refractivity contribution in [1.29, 1.82) is 0 Å². The third-order valence-electron chi connectivity index (χ3n) is 5.77. The van der Waals surface area contributed by atoms with Gasteiger partial charge in [0.25, 0.3) is 0 Å². The van der Waals surface area contributed by atoms with Crippen molar-refractivity contribution in [1.82, 2.24) is 15.4 Å². The number of pyridine rings is 1. The van der Waals surface area contributed by atoms with E-state index in [-0.39, 0.29) is 0 Å². The van der Waals surface area contributed by atoms with Gasteiger partial charge in [0, 0.05) is 54.6 Å². The number of likely N-dealkylation sites (N-methyl/N-ethyl adjacent to an activating group) is 1. The fraction of sp³-hybridized carbons (Fsp3) is 0.476. The molecular formula is C21H28N4O. The normalized spacial score (nSPS) is 24.8. The second-order valence-electron chi connectivity index (χ2n) is 7.50. The van der Waals surface area contributed by atoms with Gasteiger partial charge in [0.15, 0.2) is 0 Å². The number of nitrogens with one attached hydrogen (secondary N) is 2. The molecule has 26 heavy (non-hydrogen) atoms. The highest BCUT2D eigenvalue weighted by Crippen LogP contribution is 2.34. The fourth-order valence-corrected chi connectivity index (χ4v) is 4.12. The second kappa shape index (κ2) is 7.74. The van der Waals surface area contributed by atoms with Crippen LogP contribution in [0.3, 0.4) is 0 Å². The van der Waals surface area contributed by atoms with E-state index in [9.17, 15) is 5.21 Å². The molecule has 1 fully saturated rings. The molecular weight excluding hydrogens is 324 g/mol. The molecule has 5 nitrogen and oxygen atoms in total. The van der Waals surface area contributed by atoms with Gasteiger partial charge in [-0.05, 0) is 55.8 Å². The van der Waals surface area contributed by atoms with Crippen molar-refractivity contribution < 1.29 is 5.21 Å². The van der Waals surface area contributed by atoms with Crippen molar-refractivity contribution in [3.63, 3.8) is 0 Å². The third-order valence-corrected chi connectivity index (χ3v) is 5.77. The lowest BCUT2D eigenvalue weighted by molar-refractivity contribution is -0.105. The van der Waals surface area contributed by atoms with Crippen LogP contribution in [-0.2, 0) is 0 Å². The van der Waals surface area contributed by atoms with Crippen LogP contribution in [0.5, 0.6) is 0 Å². The quantitative estimate of drug-likeness (QED) is 0.735. The summed E-state index contributed by atoms with van der Waals surface area (Å²) >= 11 is 0. The van der Waals surface area contributed by atoms with E-state index in [2.05, 4.69) is 46.0 Å². The molecule has 1 aromatic heterocycles. The molecule has 2 aliphatic rings. The first-order valence-electron chi connectivity index (χ1n) is 9.66. The summed E-state index contributed by atoms with van der Waals surface area (Å²) in [6.45, 7) is 1.45. The zero-order valence-electron chi connectivity index (χ0n) is 15.4. The number of allylic oxidation sites excluding steroid dienone is 1. The summed E-state index contributed by atoms with van der Waals surface area (Å²) in [4.78, 5) is 4.33. The van der Waals surface area contributed by atoms with Gasteiger partial charge in [-0.2, -0.15) is 5.06 Å². The molecule has 1 aliphatic heterocycles. The Hall–Kier alpha value is -1.95. The van der Waals surface area contributed by atoms with Crippen LogP contribution in [-0.4, -0.2) is 47.5 Å². The summed E-state index contributed by atoms with van der Waals surface area (Å²) in [5, 5.41) is 20.5. The Balaban J connectivity index is 1.63. The first-order valence-corrected chi connectivity index (χ1v) is 9.66. The molecule has 1 aliphatic carbocycles. The lowest BCUT2D eigenvalue weighted by atomic mass is 9.86. The van der Waals surface area contributed by atoms with E-state index in [0.29, 0.717) is 18.0 Å². The summed E-state index contributed by atoms with van der Waals surface area (Å²) in [5.41, 5.74) is 2.54. The molecule has 0 amide bonds. The van der Waals surface area contributed by atoms with Crippen LogP contribution in [0.2, 0.25) is 0 Å². The van der Waals surface area contributed by atoms with Crippen molar-refractivity contribution in [2.24, 2.45) is 0 Å². The van der Waals surface area contributed by atoms with Crippen molar-refractivity contribution in [3.05, 3.63) is 48.3 Å². The van der Waals surface area contributed by atoms with E-state index >= 15 is 0 Å². The van der Waals surface area contributed by atoms with E-state index in [1.165, 1.54) is 39.9 Å². The van der Waals surface area contributed by atoms with Crippen LogP contribution >= 0.6 is 0 Å². The summed E-state index contributed by atoms with van der Waals surface area (Å²) < 4.78 is 0. The summed E-state index contributed by atoms with van der Waals surface area (Å²) in [7, 11) is 2.03. The van der Waals surface area contributed by atoms with Crippen LogP contribution in [0.25, 0.3) is 10.8 Å². The molecule has 0 spiro atoms. The number of benzene rings is 1. The number of hydroxylamine groups is 2. The molecule has 1 saturated heterocycles. The van der Waals surface area contributed by atoms with Crippen LogP contribution in [0.4, 0.5) is 5.69 Å². The predicted molar refractivity (Wildman–Crippen MR) is 106 cm³/mol. The minimum Gasteiger partial charge on any atom is -0.382 e. The number of hydrogen-bond acceptors (Lipinski definition) is 5. The average molecular weight is 352 g/mol. The molecule has 2 unspecified atom stereocenters. The maximum Gasteiger partial charge on any atom is 0.0440 e. The summed E-state index contributed by atoms with van der Waals surface area (Å²) in [6.07, 6.45) is 12.7. The van der Waals surface area contributed by atoms with Gasteiger partial charge in [-0.15, -0.1) is 0 Å². The van der Waals surface area contributed by atoms with E-state index in [4.69, 9.17) is 0 Å². The Morgan fingerprint density at radius 3 is 2.69 bits per heavy atom. The monoisotopic (exact) mass is 352 g/mol. The third kappa shape index (κ3) is 3.75. The maximum atomic E-state index is 9.60. The number of hydrogen-bond donors (Lipinski definition) is 3. The zero-order valence-corrected chi connectivity index (χ0v) is 15.4. The Kier molecular flexibility index (Phi) is 5.20.